The Morgan fingerprint density at radius 2 is 1.90 bits per heavy atom. The van der Waals surface area contributed by atoms with Gasteiger partial charge in [0, 0.05) is 7.05 Å². The van der Waals surface area contributed by atoms with Gasteiger partial charge < -0.3 is 5.73 Å². The van der Waals surface area contributed by atoms with Gasteiger partial charge in [0.15, 0.2) is 0 Å². The monoisotopic (exact) mass is 314 g/mol. The molecule has 0 aliphatic rings. The number of benzene rings is 2. The molecule has 0 atom stereocenters. The lowest BCUT2D eigenvalue weighted by Gasteiger charge is -2.19. The lowest BCUT2D eigenvalue weighted by molar-refractivity contribution is 0.594. The molecular weight excluding hydrogens is 303 g/mol. The second kappa shape index (κ2) is 5.30. The van der Waals surface area contributed by atoms with Crippen LogP contribution in [0.5, 0.6) is 0 Å². The Balaban J connectivity index is 2.46. The topological polar surface area (TPSA) is 63.4 Å². The Morgan fingerprint density at radius 1 is 1.20 bits per heavy atom. The van der Waals surface area contributed by atoms with E-state index in [0.717, 1.165) is 10.4 Å². The summed E-state index contributed by atoms with van der Waals surface area (Å²) >= 11 is 5.83. The van der Waals surface area contributed by atoms with Gasteiger partial charge in [-0.3, -0.25) is 4.31 Å². The summed E-state index contributed by atoms with van der Waals surface area (Å²) in [5.74, 6) is -0.514. The minimum absolute atomic E-state index is 0.0107. The third kappa shape index (κ3) is 2.71. The number of sulfonamides is 1. The van der Waals surface area contributed by atoms with Gasteiger partial charge in [-0.05, 0) is 36.4 Å². The molecule has 7 heteroatoms. The zero-order valence-corrected chi connectivity index (χ0v) is 12.1. The van der Waals surface area contributed by atoms with E-state index in [-0.39, 0.29) is 15.6 Å². The van der Waals surface area contributed by atoms with E-state index in [1.54, 1.807) is 0 Å². The van der Waals surface area contributed by atoms with Crippen LogP contribution in [0.4, 0.5) is 15.8 Å². The van der Waals surface area contributed by atoms with Crippen LogP contribution in [0.15, 0.2) is 47.4 Å². The van der Waals surface area contributed by atoms with Crippen LogP contribution in [0.3, 0.4) is 0 Å². The maximum Gasteiger partial charge on any atom is 0.264 e. The van der Waals surface area contributed by atoms with Gasteiger partial charge in [-0.15, -0.1) is 0 Å². The molecule has 0 aliphatic heterocycles. The van der Waals surface area contributed by atoms with Crippen LogP contribution in [0.25, 0.3) is 0 Å². The van der Waals surface area contributed by atoms with Crippen molar-refractivity contribution in [2.45, 2.75) is 4.90 Å². The number of hydrogen-bond acceptors (Lipinski definition) is 3. The summed E-state index contributed by atoms with van der Waals surface area (Å²) in [6.07, 6.45) is 0. The van der Waals surface area contributed by atoms with E-state index >= 15 is 0 Å². The van der Waals surface area contributed by atoms with Crippen LogP contribution in [0.2, 0.25) is 5.02 Å². The number of hydrogen-bond donors (Lipinski definition) is 1. The summed E-state index contributed by atoms with van der Waals surface area (Å²) in [6, 6.07) is 9.34. The van der Waals surface area contributed by atoms with Gasteiger partial charge in [-0.1, -0.05) is 17.7 Å². The standard InChI is InChI=1S/C13H12ClFN2O2S/c1-17(10-4-2-3-9(15)7-10)20(18,19)11-5-6-13(16)12(14)8-11/h2-8H,16H2,1H3. The number of nitrogens with zero attached hydrogens (tertiary/aromatic N) is 1. The van der Waals surface area contributed by atoms with Crippen molar-refractivity contribution in [2.75, 3.05) is 17.1 Å². The second-order valence-corrected chi connectivity index (χ2v) is 6.51. The van der Waals surface area contributed by atoms with Gasteiger partial charge in [0.25, 0.3) is 10.0 Å². The minimum atomic E-state index is -3.82. The first-order valence-corrected chi connectivity index (χ1v) is 7.43. The van der Waals surface area contributed by atoms with Crippen molar-refractivity contribution in [3.05, 3.63) is 53.3 Å². The van der Waals surface area contributed by atoms with Crippen molar-refractivity contribution in [3.63, 3.8) is 0 Å². The summed E-state index contributed by atoms with van der Waals surface area (Å²) in [5, 5.41) is 0.152. The van der Waals surface area contributed by atoms with Crippen molar-refractivity contribution >= 4 is 33.0 Å². The predicted molar refractivity (Wildman–Crippen MR) is 77.9 cm³/mol. The molecule has 0 radical (unpaired) electrons. The van der Waals surface area contributed by atoms with Gasteiger partial charge in [-0.25, -0.2) is 12.8 Å². The summed E-state index contributed by atoms with van der Waals surface area (Å²) in [6.45, 7) is 0. The van der Waals surface area contributed by atoms with Crippen molar-refractivity contribution in [1.82, 2.24) is 0 Å². The largest absolute Gasteiger partial charge is 0.398 e. The van der Waals surface area contributed by atoms with Crippen LogP contribution < -0.4 is 10.0 Å². The van der Waals surface area contributed by atoms with Crippen LogP contribution in [-0.4, -0.2) is 15.5 Å². The quantitative estimate of drug-likeness (QED) is 0.886. The van der Waals surface area contributed by atoms with E-state index in [1.165, 1.54) is 43.4 Å². The lowest BCUT2D eigenvalue weighted by atomic mass is 10.3. The molecule has 0 heterocycles. The molecule has 0 fully saturated rings. The third-order valence-electron chi connectivity index (χ3n) is 2.80. The summed E-state index contributed by atoms with van der Waals surface area (Å²) in [5.41, 5.74) is 6.06. The number of nitrogen functional groups attached to an aromatic ring is 1. The maximum atomic E-state index is 13.2. The first kappa shape index (κ1) is 14.6. The molecular formula is C13H12ClFN2O2S. The van der Waals surface area contributed by atoms with Crippen LogP contribution in [0, 0.1) is 5.82 Å². The van der Waals surface area contributed by atoms with Crippen LogP contribution >= 0.6 is 11.6 Å². The predicted octanol–water partition coefficient (Wildman–Crippen LogP) is 2.89. The summed E-state index contributed by atoms with van der Waals surface area (Å²) < 4.78 is 39.0. The van der Waals surface area contributed by atoms with Crippen molar-refractivity contribution in [1.29, 1.82) is 0 Å². The van der Waals surface area contributed by atoms with Gasteiger partial charge >= 0.3 is 0 Å². The van der Waals surface area contributed by atoms with E-state index in [4.69, 9.17) is 17.3 Å². The zero-order chi connectivity index (χ0) is 14.9. The first-order valence-electron chi connectivity index (χ1n) is 5.62. The van der Waals surface area contributed by atoms with Gasteiger partial charge in [-0.2, -0.15) is 0 Å². The highest BCUT2D eigenvalue weighted by Crippen LogP contribution is 2.27. The minimum Gasteiger partial charge on any atom is -0.398 e. The Hall–Kier alpha value is -1.79. The number of anilines is 2. The van der Waals surface area contributed by atoms with Gasteiger partial charge in [0.2, 0.25) is 0 Å². The van der Waals surface area contributed by atoms with E-state index in [1.807, 2.05) is 0 Å². The fourth-order valence-corrected chi connectivity index (χ4v) is 3.10. The molecule has 2 aromatic rings. The average Bonchev–Trinajstić information content (AvgIpc) is 2.40. The molecule has 0 saturated carbocycles. The Kier molecular flexibility index (Phi) is 3.87. The first-order chi connectivity index (χ1) is 9.32. The van der Waals surface area contributed by atoms with E-state index in [9.17, 15) is 12.8 Å². The summed E-state index contributed by atoms with van der Waals surface area (Å²) in [7, 11) is -2.48. The van der Waals surface area contributed by atoms with E-state index in [0.29, 0.717) is 5.69 Å². The molecule has 0 bridgehead atoms. The molecule has 2 aromatic carbocycles. The molecule has 2 rings (SSSR count). The normalized spacial score (nSPS) is 11.3. The van der Waals surface area contributed by atoms with Crippen LogP contribution in [0.1, 0.15) is 0 Å². The highest BCUT2D eigenvalue weighted by Gasteiger charge is 2.22. The molecule has 106 valence electrons. The van der Waals surface area contributed by atoms with Crippen molar-refractivity contribution in [2.24, 2.45) is 0 Å². The third-order valence-corrected chi connectivity index (χ3v) is 4.91. The van der Waals surface area contributed by atoms with Crippen LogP contribution in [-0.2, 0) is 10.0 Å². The summed E-state index contributed by atoms with van der Waals surface area (Å²) in [4.78, 5) is -0.0107. The SMILES string of the molecule is CN(c1cccc(F)c1)S(=O)(=O)c1ccc(N)c(Cl)c1. The number of rotatable bonds is 3. The zero-order valence-electron chi connectivity index (χ0n) is 10.5. The lowest BCUT2D eigenvalue weighted by Crippen LogP contribution is -2.26. The molecule has 0 aliphatic carbocycles. The molecule has 4 nitrogen and oxygen atoms in total. The fourth-order valence-electron chi connectivity index (χ4n) is 1.64. The molecule has 0 unspecified atom stereocenters. The number of halogens is 2. The fraction of sp³-hybridized carbons (Fsp3) is 0.0769. The molecule has 20 heavy (non-hydrogen) atoms. The Labute approximate surface area is 121 Å². The molecule has 0 saturated heterocycles. The number of nitrogens with two attached hydrogens (primary N) is 1. The van der Waals surface area contributed by atoms with E-state index < -0.39 is 15.8 Å². The van der Waals surface area contributed by atoms with E-state index in [2.05, 4.69) is 0 Å². The van der Waals surface area contributed by atoms with Crippen molar-refractivity contribution < 1.29 is 12.8 Å². The highest BCUT2D eigenvalue weighted by atomic mass is 35.5. The average molecular weight is 315 g/mol. The second-order valence-electron chi connectivity index (χ2n) is 4.14. The van der Waals surface area contributed by atoms with Crippen molar-refractivity contribution in [3.8, 4) is 0 Å². The van der Waals surface area contributed by atoms with Gasteiger partial charge in [0.05, 0.1) is 21.3 Å². The maximum absolute atomic E-state index is 13.2. The molecule has 0 amide bonds. The molecule has 2 N–H and O–H groups in total. The molecule has 0 aromatic heterocycles. The van der Waals surface area contributed by atoms with Gasteiger partial charge in [0.1, 0.15) is 5.82 Å². The Morgan fingerprint density at radius 3 is 2.50 bits per heavy atom. The molecule has 0 spiro atoms. The highest BCUT2D eigenvalue weighted by molar-refractivity contribution is 7.92. The Bertz CT molecular complexity index is 750. The smallest absolute Gasteiger partial charge is 0.264 e.